The van der Waals surface area contributed by atoms with Crippen molar-refractivity contribution in [3.8, 4) is 11.1 Å². The zero-order valence-electron chi connectivity index (χ0n) is 20.5. The van der Waals surface area contributed by atoms with E-state index in [1.807, 2.05) is 0 Å². The molecule has 0 aliphatic heterocycles. The molecule has 0 bridgehead atoms. The first kappa shape index (κ1) is 26.2. The third kappa shape index (κ3) is 6.46. The van der Waals surface area contributed by atoms with E-state index in [0.29, 0.717) is 21.6 Å². The molecule has 0 aliphatic carbocycles. The summed E-state index contributed by atoms with van der Waals surface area (Å²) in [7, 11) is -1.67. The van der Waals surface area contributed by atoms with Crippen LogP contribution in [0.5, 0.6) is 0 Å². The Morgan fingerprint density at radius 2 is 1.76 bits per heavy atom. The largest absolute Gasteiger partial charge is 0.490 e. The summed E-state index contributed by atoms with van der Waals surface area (Å²) in [6, 6.07) is 11.1. The molecule has 9 nitrogen and oxygen atoms in total. The normalized spacial score (nSPS) is 12.5. The SMILES string of the molecule is CC(C)(C)OC(=O)c1ccc(-c2cnn(C(Cc3ccn(C(F)F)n3)c3ccc(B(O)O)cn3)c2)cc1. The molecule has 1 aromatic carbocycles. The molecule has 3 aromatic heterocycles. The summed E-state index contributed by atoms with van der Waals surface area (Å²) in [5.74, 6) is -0.416. The molecule has 192 valence electrons. The molecule has 0 saturated heterocycles. The average molecular weight is 509 g/mol. The number of ether oxygens (including phenoxy) is 1. The van der Waals surface area contributed by atoms with Gasteiger partial charge in [-0.2, -0.15) is 19.0 Å². The van der Waals surface area contributed by atoms with Crippen molar-refractivity contribution < 1.29 is 28.4 Å². The highest BCUT2D eigenvalue weighted by atomic mass is 19.3. The summed E-state index contributed by atoms with van der Waals surface area (Å²) in [5.41, 5.74) is 2.57. The van der Waals surface area contributed by atoms with Crippen molar-refractivity contribution >= 4 is 18.6 Å². The zero-order chi connectivity index (χ0) is 26.7. The third-order valence-electron chi connectivity index (χ3n) is 5.49. The van der Waals surface area contributed by atoms with E-state index in [2.05, 4.69) is 15.2 Å². The Morgan fingerprint density at radius 1 is 1.03 bits per heavy atom. The van der Waals surface area contributed by atoms with Crippen LogP contribution in [0.25, 0.3) is 11.1 Å². The van der Waals surface area contributed by atoms with Crippen molar-refractivity contribution in [1.82, 2.24) is 24.5 Å². The summed E-state index contributed by atoms with van der Waals surface area (Å²) in [6.07, 6.45) is 6.19. The fourth-order valence-electron chi connectivity index (χ4n) is 3.69. The lowest BCUT2D eigenvalue weighted by molar-refractivity contribution is 0.00694. The number of alkyl halides is 2. The molecule has 0 spiro atoms. The van der Waals surface area contributed by atoms with Gasteiger partial charge in [-0.25, -0.2) is 9.48 Å². The number of nitrogens with zero attached hydrogens (tertiary/aromatic N) is 5. The lowest BCUT2D eigenvalue weighted by Gasteiger charge is -2.19. The summed E-state index contributed by atoms with van der Waals surface area (Å²) in [5, 5.41) is 27.2. The number of benzene rings is 1. The molecule has 0 aliphatic rings. The molecule has 0 amide bonds. The maximum absolute atomic E-state index is 13.0. The van der Waals surface area contributed by atoms with Crippen molar-refractivity contribution in [3.05, 3.63) is 84.2 Å². The quantitative estimate of drug-likeness (QED) is 0.277. The van der Waals surface area contributed by atoms with Crippen LogP contribution in [-0.2, 0) is 11.2 Å². The molecule has 0 saturated carbocycles. The van der Waals surface area contributed by atoms with E-state index < -0.39 is 31.3 Å². The molecular formula is C25H26BF2N5O4. The lowest BCUT2D eigenvalue weighted by Crippen LogP contribution is -2.30. The van der Waals surface area contributed by atoms with Gasteiger partial charge in [0.25, 0.3) is 0 Å². The summed E-state index contributed by atoms with van der Waals surface area (Å²) < 4.78 is 33.7. The summed E-state index contributed by atoms with van der Waals surface area (Å²) in [4.78, 5) is 16.7. The minimum atomic E-state index is -2.75. The highest BCUT2D eigenvalue weighted by molar-refractivity contribution is 6.58. The summed E-state index contributed by atoms with van der Waals surface area (Å²) >= 11 is 0. The van der Waals surface area contributed by atoms with Crippen molar-refractivity contribution in [2.24, 2.45) is 0 Å². The molecule has 37 heavy (non-hydrogen) atoms. The molecule has 3 heterocycles. The molecule has 1 atom stereocenters. The van der Waals surface area contributed by atoms with Crippen LogP contribution >= 0.6 is 0 Å². The van der Waals surface area contributed by atoms with Gasteiger partial charge in [0.05, 0.1) is 29.2 Å². The molecular weight excluding hydrogens is 483 g/mol. The first-order valence-corrected chi connectivity index (χ1v) is 11.5. The van der Waals surface area contributed by atoms with E-state index in [-0.39, 0.29) is 11.9 Å². The molecule has 4 rings (SSSR count). The van der Waals surface area contributed by atoms with Crippen LogP contribution in [0, 0.1) is 0 Å². The topological polar surface area (TPSA) is 115 Å². The minimum Gasteiger partial charge on any atom is -0.456 e. The van der Waals surface area contributed by atoms with Gasteiger partial charge in [-0.15, -0.1) is 0 Å². The van der Waals surface area contributed by atoms with Crippen molar-refractivity contribution in [2.45, 2.75) is 45.4 Å². The Balaban J connectivity index is 1.61. The first-order valence-electron chi connectivity index (χ1n) is 11.5. The fourth-order valence-corrected chi connectivity index (χ4v) is 3.69. The number of hydrogen-bond donors (Lipinski definition) is 2. The number of hydrogen-bond acceptors (Lipinski definition) is 7. The number of esters is 1. The lowest BCUT2D eigenvalue weighted by atomic mass is 9.81. The van der Waals surface area contributed by atoms with Crippen LogP contribution in [0.15, 0.2) is 67.3 Å². The van der Waals surface area contributed by atoms with Crippen LogP contribution in [0.3, 0.4) is 0 Å². The molecule has 12 heteroatoms. The van der Waals surface area contributed by atoms with E-state index in [0.717, 1.165) is 11.1 Å². The Bertz CT molecular complexity index is 1350. The van der Waals surface area contributed by atoms with Crippen LogP contribution < -0.4 is 5.46 Å². The van der Waals surface area contributed by atoms with Gasteiger partial charge in [-0.3, -0.25) is 9.67 Å². The van der Waals surface area contributed by atoms with Gasteiger partial charge in [-0.05, 0) is 50.6 Å². The van der Waals surface area contributed by atoms with E-state index in [1.54, 1.807) is 68.2 Å². The smallest absolute Gasteiger partial charge is 0.456 e. The van der Waals surface area contributed by atoms with Crippen molar-refractivity contribution in [1.29, 1.82) is 0 Å². The van der Waals surface area contributed by atoms with Gasteiger partial charge in [-0.1, -0.05) is 18.2 Å². The maximum atomic E-state index is 13.0. The minimum absolute atomic E-state index is 0.215. The number of rotatable bonds is 8. The van der Waals surface area contributed by atoms with Crippen LogP contribution in [0.2, 0.25) is 0 Å². The Hall–Kier alpha value is -3.90. The second kappa shape index (κ2) is 10.6. The second-order valence-corrected chi connectivity index (χ2v) is 9.46. The molecule has 1 unspecified atom stereocenters. The average Bonchev–Trinajstić information content (AvgIpc) is 3.52. The van der Waals surface area contributed by atoms with Gasteiger partial charge in [0.15, 0.2) is 0 Å². The number of carbonyl (C=O) groups is 1. The molecule has 0 radical (unpaired) electrons. The van der Waals surface area contributed by atoms with E-state index in [4.69, 9.17) is 4.74 Å². The highest BCUT2D eigenvalue weighted by Crippen LogP contribution is 2.26. The third-order valence-corrected chi connectivity index (χ3v) is 5.49. The van der Waals surface area contributed by atoms with Gasteiger partial charge < -0.3 is 14.8 Å². The predicted molar refractivity (Wildman–Crippen MR) is 132 cm³/mol. The standard InChI is InChI=1S/C25H26BF2N5O4/c1-25(2,3)37-23(34)17-6-4-16(5-7-17)18-13-30-33(15-18)22(12-20-10-11-32(31-20)24(27)28)21-9-8-19(14-29-21)26(35)36/h4-11,13-15,22,24,35-36H,12H2,1-3H3. The summed E-state index contributed by atoms with van der Waals surface area (Å²) in [6.45, 7) is 2.65. The number of carbonyl (C=O) groups excluding carboxylic acids is 1. The first-order chi connectivity index (χ1) is 17.5. The van der Waals surface area contributed by atoms with Crippen LogP contribution in [0.1, 0.15) is 55.1 Å². The number of pyridine rings is 1. The predicted octanol–water partition coefficient (Wildman–Crippen LogP) is 3.00. The number of aromatic nitrogens is 5. The Labute approximate surface area is 212 Å². The molecule has 4 aromatic rings. The fraction of sp³-hybridized carbons (Fsp3) is 0.280. The van der Waals surface area contributed by atoms with Crippen molar-refractivity contribution in [2.75, 3.05) is 0 Å². The maximum Gasteiger partial charge on any atom is 0.490 e. The van der Waals surface area contributed by atoms with Gasteiger partial charge in [0.1, 0.15) is 5.60 Å². The van der Waals surface area contributed by atoms with Gasteiger partial charge in [0, 0.05) is 36.0 Å². The molecule has 0 fully saturated rings. The van der Waals surface area contributed by atoms with Crippen LogP contribution in [0.4, 0.5) is 8.78 Å². The second-order valence-electron chi connectivity index (χ2n) is 9.46. The molecule has 2 N–H and O–H groups in total. The van der Waals surface area contributed by atoms with Crippen LogP contribution in [-0.4, -0.2) is 53.3 Å². The van der Waals surface area contributed by atoms with E-state index >= 15 is 0 Å². The highest BCUT2D eigenvalue weighted by Gasteiger charge is 2.22. The van der Waals surface area contributed by atoms with Crippen molar-refractivity contribution in [3.63, 3.8) is 0 Å². The van der Waals surface area contributed by atoms with Gasteiger partial charge in [0.2, 0.25) is 0 Å². The zero-order valence-corrected chi connectivity index (χ0v) is 20.5. The van der Waals surface area contributed by atoms with E-state index in [1.165, 1.54) is 24.5 Å². The Kier molecular flexibility index (Phi) is 7.51. The number of halogens is 2. The monoisotopic (exact) mass is 509 g/mol. The van der Waals surface area contributed by atoms with E-state index in [9.17, 15) is 23.6 Å². The Morgan fingerprint density at radius 3 is 2.32 bits per heavy atom. The van der Waals surface area contributed by atoms with Gasteiger partial charge >= 0.3 is 19.6 Å².